The fraction of sp³-hybridized carbons (Fsp3) is 0.458. The number of carbonyl (C=O) groups is 1. The molecule has 158 valence electrons. The van der Waals surface area contributed by atoms with Gasteiger partial charge in [0.15, 0.2) is 17.3 Å². The highest BCUT2D eigenvalue weighted by Gasteiger charge is 2.31. The molecule has 0 heterocycles. The summed E-state index contributed by atoms with van der Waals surface area (Å²) in [6.45, 7) is 4.17. The summed E-state index contributed by atoms with van der Waals surface area (Å²) in [6, 6.07) is 12.6. The summed E-state index contributed by atoms with van der Waals surface area (Å²) in [5, 5.41) is 0. The van der Waals surface area contributed by atoms with Crippen molar-refractivity contribution in [3.63, 3.8) is 0 Å². The SMILES string of the molecule is COc1cc2c(cc1OC)C(=O)C(CCCN(C)CCc1ccc(C)cc1)C2.Cl. The number of benzene rings is 2. The molecule has 0 aliphatic heterocycles. The number of rotatable bonds is 9. The predicted molar refractivity (Wildman–Crippen MR) is 120 cm³/mol. The van der Waals surface area contributed by atoms with Crippen LogP contribution in [0.5, 0.6) is 11.5 Å². The maximum absolute atomic E-state index is 12.8. The van der Waals surface area contributed by atoms with E-state index in [4.69, 9.17) is 9.47 Å². The lowest BCUT2D eigenvalue weighted by Crippen LogP contribution is -2.23. The number of aryl methyl sites for hydroxylation is 1. The second kappa shape index (κ2) is 10.7. The van der Waals surface area contributed by atoms with Crippen LogP contribution in [-0.2, 0) is 12.8 Å². The first-order valence-electron chi connectivity index (χ1n) is 10.0. The lowest BCUT2D eigenvalue weighted by atomic mass is 9.99. The Hall–Kier alpha value is -2.04. The molecule has 4 nitrogen and oxygen atoms in total. The number of ether oxygens (including phenoxy) is 2. The van der Waals surface area contributed by atoms with Crippen molar-refractivity contribution in [1.82, 2.24) is 4.90 Å². The highest BCUT2D eigenvalue weighted by Crippen LogP contribution is 2.37. The maximum atomic E-state index is 12.8. The molecule has 0 aromatic heterocycles. The van der Waals surface area contributed by atoms with Gasteiger partial charge in [-0.15, -0.1) is 12.4 Å². The van der Waals surface area contributed by atoms with Crippen molar-refractivity contribution in [2.24, 2.45) is 5.92 Å². The molecule has 29 heavy (non-hydrogen) atoms. The molecule has 1 aliphatic rings. The lowest BCUT2D eigenvalue weighted by Gasteiger charge is -2.17. The quantitative estimate of drug-likeness (QED) is 0.590. The monoisotopic (exact) mass is 417 g/mol. The van der Waals surface area contributed by atoms with Gasteiger partial charge in [-0.2, -0.15) is 0 Å². The summed E-state index contributed by atoms with van der Waals surface area (Å²) >= 11 is 0. The molecule has 0 bridgehead atoms. The van der Waals surface area contributed by atoms with Crippen molar-refractivity contribution in [3.8, 4) is 11.5 Å². The number of hydrogen-bond donors (Lipinski definition) is 0. The zero-order chi connectivity index (χ0) is 20.1. The second-order valence-corrected chi connectivity index (χ2v) is 7.81. The second-order valence-electron chi connectivity index (χ2n) is 7.81. The Balaban J connectivity index is 0.00000300. The first-order valence-corrected chi connectivity index (χ1v) is 10.0. The van der Waals surface area contributed by atoms with Crippen LogP contribution in [0.3, 0.4) is 0 Å². The number of Topliss-reactive ketones (excluding diaryl/α,β-unsaturated/α-hetero) is 1. The van der Waals surface area contributed by atoms with E-state index in [9.17, 15) is 4.79 Å². The number of methoxy groups -OCH3 is 2. The fourth-order valence-electron chi connectivity index (χ4n) is 3.92. The van der Waals surface area contributed by atoms with Crippen molar-refractivity contribution >= 4 is 18.2 Å². The minimum Gasteiger partial charge on any atom is -0.493 e. The number of nitrogens with zero attached hydrogens (tertiary/aromatic N) is 1. The van der Waals surface area contributed by atoms with E-state index >= 15 is 0 Å². The lowest BCUT2D eigenvalue weighted by molar-refractivity contribution is 0.0927. The Labute approximate surface area is 180 Å². The molecule has 0 amide bonds. The summed E-state index contributed by atoms with van der Waals surface area (Å²) in [5.41, 5.74) is 4.56. The Morgan fingerprint density at radius 2 is 1.69 bits per heavy atom. The van der Waals surface area contributed by atoms with Gasteiger partial charge in [-0.3, -0.25) is 4.79 Å². The van der Waals surface area contributed by atoms with Gasteiger partial charge in [-0.1, -0.05) is 29.8 Å². The van der Waals surface area contributed by atoms with Crippen LogP contribution in [0.4, 0.5) is 0 Å². The van der Waals surface area contributed by atoms with Crippen LogP contribution in [-0.4, -0.2) is 45.0 Å². The van der Waals surface area contributed by atoms with Crippen LogP contribution in [0, 0.1) is 12.8 Å². The van der Waals surface area contributed by atoms with Crippen molar-refractivity contribution in [2.75, 3.05) is 34.4 Å². The van der Waals surface area contributed by atoms with E-state index in [1.807, 2.05) is 12.1 Å². The molecular formula is C24H32ClNO3. The first-order chi connectivity index (χ1) is 13.5. The Morgan fingerprint density at radius 3 is 2.34 bits per heavy atom. The number of fused-ring (bicyclic) bond motifs is 1. The summed E-state index contributed by atoms with van der Waals surface area (Å²) in [4.78, 5) is 15.1. The molecule has 3 rings (SSSR count). The molecule has 0 N–H and O–H groups in total. The zero-order valence-corrected chi connectivity index (χ0v) is 18.7. The summed E-state index contributed by atoms with van der Waals surface area (Å²) in [7, 11) is 5.40. The molecule has 1 aliphatic carbocycles. The average molecular weight is 418 g/mol. The number of likely N-dealkylation sites (N-methyl/N-ethyl adjacent to an activating group) is 1. The fourth-order valence-corrected chi connectivity index (χ4v) is 3.92. The van der Waals surface area contributed by atoms with Gasteiger partial charge < -0.3 is 14.4 Å². The van der Waals surface area contributed by atoms with Gasteiger partial charge in [0, 0.05) is 18.0 Å². The third-order valence-electron chi connectivity index (χ3n) is 5.71. The molecular weight excluding hydrogens is 386 g/mol. The average Bonchev–Trinajstić information content (AvgIpc) is 3.01. The van der Waals surface area contributed by atoms with Crippen LogP contribution in [0.25, 0.3) is 0 Å². The third-order valence-corrected chi connectivity index (χ3v) is 5.71. The molecule has 5 heteroatoms. The summed E-state index contributed by atoms with van der Waals surface area (Å²) in [6.07, 6.45) is 3.82. The predicted octanol–water partition coefficient (Wildman–Crippen LogP) is 4.74. The van der Waals surface area contributed by atoms with E-state index in [-0.39, 0.29) is 24.1 Å². The highest BCUT2D eigenvalue weighted by molar-refractivity contribution is 6.02. The Kier molecular flexibility index (Phi) is 8.54. The van der Waals surface area contributed by atoms with E-state index < -0.39 is 0 Å². The van der Waals surface area contributed by atoms with Gasteiger partial charge in [0.25, 0.3) is 0 Å². The normalized spacial score (nSPS) is 15.2. The third kappa shape index (κ3) is 5.74. The smallest absolute Gasteiger partial charge is 0.166 e. The standard InChI is InChI=1S/C24H31NO3.ClH/c1-17-7-9-18(10-8-17)11-13-25(2)12-5-6-19-14-20-15-22(27-3)23(28-4)16-21(20)24(19)26;/h7-10,15-16,19H,5-6,11-14H2,1-4H3;1H. The van der Waals surface area contributed by atoms with Gasteiger partial charge in [-0.05, 0) is 69.5 Å². The minimum absolute atomic E-state index is 0. The molecule has 1 atom stereocenters. The number of carbonyl (C=O) groups excluding carboxylic acids is 1. The van der Waals surface area contributed by atoms with Gasteiger partial charge in [0.1, 0.15) is 0 Å². The topological polar surface area (TPSA) is 38.8 Å². The molecule has 2 aromatic rings. The number of hydrogen-bond acceptors (Lipinski definition) is 4. The summed E-state index contributed by atoms with van der Waals surface area (Å²) < 4.78 is 10.7. The van der Waals surface area contributed by atoms with Crippen LogP contribution in [0.2, 0.25) is 0 Å². The first kappa shape index (κ1) is 23.2. The molecule has 0 fully saturated rings. The van der Waals surface area contributed by atoms with Gasteiger partial charge in [0.05, 0.1) is 14.2 Å². The summed E-state index contributed by atoms with van der Waals surface area (Å²) in [5.74, 6) is 1.66. The zero-order valence-electron chi connectivity index (χ0n) is 17.9. The minimum atomic E-state index is 0. The van der Waals surface area contributed by atoms with E-state index in [1.54, 1.807) is 14.2 Å². The Bertz CT molecular complexity index is 820. The molecule has 2 aromatic carbocycles. The van der Waals surface area contributed by atoms with E-state index in [1.165, 1.54) is 11.1 Å². The van der Waals surface area contributed by atoms with Crippen molar-refractivity contribution in [1.29, 1.82) is 0 Å². The van der Waals surface area contributed by atoms with Crippen molar-refractivity contribution in [2.45, 2.75) is 32.6 Å². The Morgan fingerprint density at radius 1 is 1.03 bits per heavy atom. The van der Waals surface area contributed by atoms with Crippen molar-refractivity contribution in [3.05, 3.63) is 58.7 Å². The van der Waals surface area contributed by atoms with Crippen molar-refractivity contribution < 1.29 is 14.3 Å². The van der Waals surface area contributed by atoms with Crippen LogP contribution >= 0.6 is 12.4 Å². The largest absolute Gasteiger partial charge is 0.493 e. The molecule has 0 saturated carbocycles. The van der Waals surface area contributed by atoms with Crippen LogP contribution in [0.15, 0.2) is 36.4 Å². The van der Waals surface area contributed by atoms with Gasteiger partial charge in [0.2, 0.25) is 0 Å². The van der Waals surface area contributed by atoms with Gasteiger partial charge >= 0.3 is 0 Å². The molecule has 1 unspecified atom stereocenters. The van der Waals surface area contributed by atoms with E-state index in [0.29, 0.717) is 11.5 Å². The molecule has 0 radical (unpaired) electrons. The number of ketones is 1. The number of halogens is 1. The van der Waals surface area contributed by atoms with Gasteiger partial charge in [-0.25, -0.2) is 0 Å². The van der Waals surface area contributed by atoms with E-state index in [2.05, 4.69) is 43.1 Å². The molecule has 0 spiro atoms. The maximum Gasteiger partial charge on any atom is 0.166 e. The molecule has 0 saturated heterocycles. The van der Waals surface area contributed by atoms with Crippen LogP contribution < -0.4 is 9.47 Å². The van der Waals surface area contributed by atoms with E-state index in [0.717, 1.165) is 49.9 Å². The van der Waals surface area contributed by atoms with Crippen LogP contribution in [0.1, 0.15) is 39.9 Å². The highest BCUT2D eigenvalue weighted by atomic mass is 35.5.